The Kier molecular flexibility index (Phi) is 1.41. The summed E-state index contributed by atoms with van der Waals surface area (Å²) in [6, 6.07) is 0. The third kappa shape index (κ3) is 0.943. The maximum atomic E-state index is 11.4. The molecule has 2 rings (SSSR count). The summed E-state index contributed by atoms with van der Waals surface area (Å²) < 4.78 is 0. The number of carbonyl (C=O) groups is 1. The molecule has 0 aromatic carbocycles. The van der Waals surface area contributed by atoms with Crippen LogP contribution in [-0.4, -0.2) is 5.78 Å². The van der Waals surface area contributed by atoms with Crippen molar-refractivity contribution in [3.63, 3.8) is 0 Å². The minimum atomic E-state index is 0.273. The lowest BCUT2D eigenvalue weighted by Crippen LogP contribution is -2.25. The van der Waals surface area contributed by atoms with Gasteiger partial charge in [0.15, 0.2) is 5.78 Å². The van der Waals surface area contributed by atoms with Gasteiger partial charge >= 0.3 is 0 Å². The van der Waals surface area contributed by atoms with Gasteiger partial charge in [0.05, 0.1) is 0 Å². The number of fused-ring (bicyclic) bond motifs is 1. The molecule has 2 aliphatic carbocycles. The van der Waals surface area contributed by atoms with Gasteiger partial charge in [0.1, 0.15) is 0 Å². The lowest BCUT2D eigenvalue weighted by atomic mass is 9.72. The number of hydrogen-bond donors (Lipinski definition) is 0. The fraction of sp³-hybridized carbons (Fsp3) is 0.700. The third-order valence-electron chi connectivity index (χ3n) is 3.13. The first-order valence-electron chi connectivity index (χ1n) is 4.46. The maximum Gasteiger partial charge on any atom is 0.159 e. The second-order valence-corrected chi connectivity index (χ2v) is 3.99. The van der Waals surface area contributed by atoms with Gasteiger partial charge in [0.25, 0.3) is 0 Å². The first-order valence-corrected chi connectivity index (χ1v) is 4.46. The summed E-state index contributed by atoms with van der Waals surface area (Å²) in [7, 11) is 0. The van der Waals surface area contributed by atoms with E-state index in [0.717, 1.165) is 24.8 Å². The maximum absolute atomic E-state index is 11.4. The molecule has 0 bridgehead atoms. The highest BCUT2D eigenvalue weighted by Gasteiger charge is 2.38. The van der Waals surface area contributed by atoms with E-state index < -0.39 is 0 Å². The minimum absolute atomic E-state index is 0.273. The van der Waals surface area contributed by atoms with Crippen molar-refractivity contribution in [2.24, 2.45) is 5.41 Å². The zero-order valence-electron chi connectivity index (χ0n) is 7.02. The van der Waals surface area contributed by atoms with Gasteiger partial charge in [-0.25, -0.2) is 0 Å². The topological polar surface area (TPSA) is 17.1 Å². The lowest BCUT2D eigenvalue weighted by molar-refractivity contribution is -0.117. The zero-order chi connectivity index (χ0) is 7.90. The smallest absolute Gasteiger partial charge is 0.159 e. The molecule has 0 aliphatic heterocycles. The Morgan fingerprint density at radius 2 is 2.27 bits per heavy atom. The van der Waals surface area contributed by atoms with Gasteiger partial charge in [0, 0.05) is 6.42 Å². The quantitative estimate of drug-likeness (QED) is 0.518. The fourth-order valence-corrected chi connectivity index (χ4v) is 2.40. The molecule has 0 aromatic rings. The number of Topliss-reactive ketones (excluding diaryl/α,β-unsaturated/α-hetero) is 1. The van der Waals surface area contributed by atoms with Crippen LogP contribution in [0, 0.1) is 5.41 Å². The summed E-state index contributed by atoms with van der Waals surface area (Å²) in [4.78, 5) is 11.4. The van der Waals surface area contributed by atoms with Gasteiger partial charge in [-0.2, -0.15) is 0 Å². The Morgan fingerprint density at radius 1 is 1.45 bits per heavy atom. The predicted octanol–water partition coefficient (Wildman–Crippen LogP) is 2.47. The molecule has 0 radical (unpaired) electrons. The van der Waals surface area contributed by atoms with Crippen LogP contribution in [0.2, 0.25) is 0 Å². The van der Waals surface area contributed by atoms with Gasteiger partial charge in [-0.15, -0.1) is 0 Å². The van der Waals surface area contributed by atoms with Crippen LogP contribution in [0.3, 0.4) is 0 Å². The molecule has 60 valence electrons. The number of rotatable bonds is 0. The second kappa shape index (κ2) is 2.20. The summed E-state index contributed by atoms with van der Waals surface area (Å²) in [5.74, 6) is 0.413. The molecule has 2 aliphatic rings. The van der Waals surface area contributed by atoms with Gasteiger partial charge in [-0.3, -0.25) is 4.79 Å². The molecule has 11 heavy (non-hydrogen) atoms. The van der Waals surface area contributed by atoms with Crippen LogP contribution < -0.4 is 0 Å². The molecule has 1 fully saturated rings. The summed E-state index contributed by atoms with van der Waals surface area (Å²) in [6.45, 7) is 2.24. The molecule has 0 N–H and O–H groups in total. The van der Waals surface area contributed by atoms with Crippen LogP contribution >= 0.6 is 0 Å². The van der Waals surface area contributed by atoms with Gasteiger partial charge in [-0.1, -0.05) is 13.0 Å². The molecule has 0 spiro atoms. The van der Waals surface area contributed by atoms with Crippen molar-refractivity contribution in [2.75, 3.05) is 0 Å². The first kappa shape index (κ1) is 7.08. The average Bonchev–Trinajstić information content (AvgIpc) is 2.31. The van der Waals surface area contributed by atoms with Gasteiger partial charge in [0.2, 0.25) is 0 Å². The van der Waals surface area contributed by atoms with Crippen molar-refractivity contribution >= 4 is 5.78 Å². The molecular formula is C10H14O. The normalized spacial score (nSPS) is 36.8. The van der Waals surface area contributed by atoms with Crippen molar-refractivity contribution in [1.82, 2.24) is 0 Å². The monoisotopic (exact) mass is 150 g/mol. The zero-order valence-corrected chi connectivity index (χ0v) is 7.02. The Labute approximate surface area is 67.5 Å². The van der Waals surface area contributed by atoms with Crippen molar-refractivity contribution < 1.29 is 4.79 Å². The molecule has 0 amide bonds. The number of allylic oxidation sites excluding steroid dienone is 2. The van der Waals surface area contributed by atoms with Gasteiger partial charge < -0.3 is 0 Å². The van der Waals surface area contributed by atoms with Crippen LogP contribution in [0.25, 0.3) is 0 Å². The summed E-state index contributed by atoms with van der Waals surface area (Å²) in [5, 5.41) is 0. The molecule has 0 heterocycles. The van der Waals surface area contributed by atoms with Crippen LogP contribution in [0.1, 0.15) is 39.0 Å². The summed E-state index contributed by atoms with van der Waals surface area (Å²) in [5.41, 5.74) is 1.42. The van der Waals surface area contributed by atoms with Crippen LogP contribution in [-0.2, 0) is 4.79 Å². The number of hydrogen-bond acceptors (Lipinski definition) is 1. The van der Waals surface area contributed by atoms with E-state index in [9.17, 15) is 4.79 Å². The van der Waals surface area contributed by atoms with E-state index >= 15 is 0 Å². The van der Waals surface area contributed by atoms with E-state index in [0.29, 0.717) is 5.78 Å². The standard InChI is InChI=1S/C10H14O/c1-10-6-2-4-8(10)9(11)5-3-7-10/h4H,2-3,5-7H2,1H3/t10-/m0/s1. The van der Waals surface area contributed by atoms with E-state index in [4.69, 9.17) is 0 Å². The SMILES string of the molecule is C[C@@]12CCC=C1C(=O)CCC2. The number of ketones is 1. The Morgan fingerprint density at radius 3 is 3.00 bits per heavy atom. The Hall–Kier alpha value is -0.590. The molecule has 1 heteroatoms. The van der Waals surface area contributed by atoms with E-state index in [1.807, 2.05) is 0 Å². The highest BCUT2D eigenvalue weighted by molar-refractivity contribution is 5.97. The molecule has 1 saturated carbocycles. The van der Waals surface area contributed by atoms with Crippen LogP contribution in [0.5, 0.6) is 0 Å². The second-order valence-electron chi connectivity index (χ2n) is 3.99. The van der Waals surface area contributed by atoms with Gasteiger partial charge in [-0.05, 0) is 36.7 Å². The summed E-state index contributed by atoms with van der Waals surface area (Å²) >= 11 is 0. The lowest BCUT2D eigenvalue weighted by Gasteiger charge is -2.31. The van der Waals surface area contributed by atoms with E-state index in [-0.39, 0.29) is 5.41 Å². The minimum Gasteiger partial charge on any atom is -0.295 e. The largest absolute Gasteiger partial charge is 0.295 e. The number of carbonyl (C=O) groups excluding carboxylic acids is 1. The fourth-order valence-electron chi connectivity index (χ4n) is 2.40. The van der Waals surface area contributed by atoms with Crippen LogP contribution in [0.4, 0.5) is 0 Å². The first-order chi connectivity index (χ1) is 5.22. The molecule has 0 saturated heterocycles. The van der Waals surface area contributed by atoms with E-state index in [1.165, 1.54) is 12.8 Å². The summed E-state index contributed by atoms with van der Waals surface area (Å²) in [6.07, 6.45) is 7.60. The highest BCUT2D eigenvalue weighted by atomic mass is 16.1. The third-order valence-corrected chi connectivity index (χ3v) is 3.13. The molecule has 1 nitrogen and oxygen atoms in total. The van der Waals surface area contributed by atoms with E-state index in [2.05, 4.69) is 13.0 Å². The molecular weight excluding hydrogens is 136 g/mol. The van der Waals surface area contributed by atoms with Crippen molar-refractivity contribution in [1.29, 1.82) is 0 Å². The Bertz CT molecular complexity index is 227. The van der Waals surface area contributed by atoms with Crippen molar-refractivity contribution in [3.05, 3.63) is 11.6 Å². The molecule has 1 atom stereocenters. The van der Waals surface area contributed by atoms with Crippen molar-refractivity contribution in [2.45, 2.75) is 39.0 Å². The van der Waals surface area contributed by atoms with Crippen molar-refractivity contribution in [3.8, 4) is 0 Å². The Balaban J connectivity index is 2.33. The van der Waals surface area contributed by atoms with Crippen LogP contribution in [0.15, 0.2) is 11.6 Å². The molecule has 0 unspecified atom stereocenters. The van der Waals surface area contributed by atoms with E-state index in [1.54, 1.807) is 0 Å². The predicted molar refractivity (Wildman–Crippen MR) is 44.3 cm³/mol. The average molecular weight is 150 g/mol. The highest BCUT2D eigenvalue weighted by Crippen LogP contribution is 2.46. The molecule has 0 aromatic heterocycles.